The van der Waals surface area contributed by atoms with Gasteiger partial charge in [-0.3, -0.25) is 4.79 Å². The topological polar surface area (TPSA) is 47.8 Å². The van der Waals surface area contributed by atoms with Crippen molar-refractivity contribution in [1.82, 2.24) is 14.8 Å². The molecule has 3 rings (SSSR count). The second-order valence-electron chi connectivity index (χ2n) is 5.79. The molecule has 0 saturated carbocycles. The minimum Gasteiger partial charge on any atom is -0.296 e. The number of pyridine rings is 1. The van der Waals surface area contributed by atoms with E-state index in [2.05, 4.69) is 10.1 Å². The monoisotopic (exact) mass is 363 g/mol. The second-order valence-corrected chi connectivity index (χ2v) is 5.79. The standard InChI is InChI=1S/C18H13F4N3O/c1-11-4-16(10-26)24-25(11)17-8-12(2-3-23-17)5-13-6-14(18(20,21)22)9-15(19)7-13/h2-4,6-10H,5H2,1H3. The molecule has 3 aromatic rings. The van der Waals surface area contributed by atoms with Gasteiger partial charge in [0.25, 0.3) is 0 Å². The van der Waals surface area contributed by atoms with Crippen LogP contribution in [0.15, 0.2) is 42.6 Å². The Bertz CT molecular complexity index is 963. The van der Waals surface area contributed by atoms with Crippen LogP contribution in [0.1, 0.15) is 32.9 Å². The van der Waals surface area contributed by atoms with Gasteiger partial charge in [-0.2, -0.15) is 18.3 Å². The number of carbonyl (C=O) groups excluding carboxylic acids is 1. The molecule has 26 heavy (non-hydrogen) atoms. The van der Waals surface area contributed by atoms with Crippen molar-refractivity contribution in [2.45, 2.75) is 19.5 Å². The van der Waals surface area contributed by atoms with Gasteiger partial charge in [-0.25, -0.2) is 14.1 Å². The first kappa shape index (κ1) is 17.8. The number of carbonyl (C=O) groups is 1. The van der Waals surface area contributed by atoms with Crippen molar-refractivity contribution in [1.29, 1.82) is 0 Å². The highest BCUT2D eigenvalue weighted by Crippen LogP contribution is 2.31. The van der Waals surface area contributed by atoms with Crippen molar-refractivity contribution >= 4 is 6.29 Å². The quantitative estimate of drug-likeness (QED) is 0.517. The molecule has 0 amide bonds. The van der Waals surface area contributed by atoms with E-state index in [9.17, 15) is 22.4 Å². The van der Waals surface area contributed by atoms with Crippen LogP contribution in [-0.4, -0.2) is 21.1 Å². The molecule has 8 heteroatoms. The maximum Gasteiger partial charge on any atom is 0.416 e. The van der Waals surface area contributed by atoms with Crippen LogP contribution in [0.3, 0.4) is 0 Å². The van der Waals surface area contributed by atoms with Crippen LogP contribution in [0.5, 0.6) is 0 Å². The normalized spacial score (nSPS) is 11.6. The Labute approximate surface area is 146 Å². The molecule has 0 spiro atoms. The molecule has 0 radical (unpaired) electrons. The average molecular weight is 363 g/mol. The van der Waals surface area contributed by atoms with Crippen LogP contribution in [0, 0.1) is 12.7 Å². The number of nitrogens with zero attached hydrogens (tertiary/aromatic N) is 3. The molecule has 0 aliphatic carbocycles. The molecule has 0 aliphatic rings. The summed E-state index contributed by atoms with van der Waals surface area (Å²) in [5.74, 6) is -0.525. The number of aldehydes is 1. The summed E-state index contributed by atoms with van der Waals surface area (Å²) in [6.45, 7) is 1.75. The summed E-state index contributed by atoms with van der Waals surface area (Å²) in [5.41, 5.74) is 0.730. The number of alkyl halides is 3. The van der Waals surface area contributed by atoms with Crippen molar-refractivity contribution in [2.24, 2.45) is 0 Å². The number of benzene rings is 1. The van der Waals surface area contributed by atoms with E-state index >= 15 is 0 Å². The van der Waals surface area contributed by atoms with E-state index in [0.717, 1.165) is 12.1 Å². The molecule has 2 aromatic heterocycles. The molecule has 0 bridgehead atoms. The Morgan fingerprint density at radius 1 is 1.12 bits per heavy atom. The number of hydrogen-bond acceptors (Lipinski definition) is 3. The zero-order chi connectivity index (χ0) is 18.9. The van der Waals surface area contributed by atoms with Gasteiger partial charge in [0.15, 0.2) is 12.1 Å². The van der Waals surface area contributed by atoms with Gasteiger partial charge in [0.2, 0.25) is 0 Å². The van der Waals surface area contributed by atoms with Gasteiger partial charge >= 0.3 is 6.18 Å². The molecule has 0 unspecified atom stereocenters. The second kappa shape index (κ2) is 6.70. The maximum absolute atomic E-state index is 13.5. The summed E-state index contributed by atoms with van der Waals surface area (Å²) >= 11 is 0. The van der Waals surface area contributed by atoms with Gasteiger partial charge < -0.3 is 0 Å². The number of hydrogen-bond donors (Lipinski definition) is 0. The van der Waals surface area contributed by atoms with E-state index in [0.29, 0.717) is 29.4 Å². The lowest BCUT2D eigenvalue weighted by molar-refractivity contribution is -0.137. The zero-order valence-electron chi connectivity index (χ0n) is 13.6. The van der Waals surface area contributed by atoms with Gasteiger partial charge in [-0.05, 0) is 60.9 Å². The number of aromatic nitrogens is 3. The maximum atomic E-state index is 13.5. The first-order valence-electron chi connectivity index (χ1n) is 7.60. The summed E-state index contributed by atoms with van der Waals surface area (Å²) in [6, 6.07) is 7.30. The van der Waals surface area contributed by atoms with Gasteiger partial charge in [-0.15, -0.1) is 0 Å². The third-order valence-corrected chi connectivity index (χ3v) is 3.75. The smallest absolute Gasteiger partial charge is 0.296 e. The Balaban J connectivity index is 1.93. The number of rotatable bonds is 4. The van der Waals surface area contributed by atoms with Gasteiger partial charge in [0, 0.05) is 11.9 Å². The first-order chi connectivity index (χ1) is 12.3. The minimum atomic E-state index is -4.61. The van der Waals surface area contributed by atoms with Crippen molar-refractivity contribution in [3.05, 3.63) is 76.5 Å². The van der Waals surface area contributed by atoms with Gasteiger partial charge in [-0.1, -0.05) is 0 Å². The Morgan fingerprint density at radius 3 is 2.54 bits per heavy atom. The SMILES string of the molecule is Cc1cc(C=O)nn1-c1cc(Cc2cc(F)cc(C(F)(F)F)c2)ccn1. The molecule has 2 heterocycles. The third-order valence-electron chi connectivity index (χ3n) is 3.75. The van der Waals surface area contributed by atoms with Crippen LogP contribution in [-0.2, 0) is 12.6 Å². The van der Waals surface area contributed by atoms with E-state index in [1.807, 2.05) is 0 Å². The predicted octanol–water partition coefficient (Wildman–Crippen LogP) is 4.14. The van der Waals surface area contributed by atoms with Crippen LogP contribution in [0.2, 0.25) is 0 Å². The van der Waals surface area contributed by atoms with Crippen molar-refractivity contribution in [2.75, 3.05) is 0 Å². The van der Waals surface area contributed by atoms with Crippen LogP contribution in [0.4, 0.5) is 17.6 Å². The molecule has 0 saturated heterocycles. The van der Waals surface area contributed by atoms with Gasteiger partial charge in [0.1, 0.15) is 11.5 Å². The fourth-order valence-corrected chi connectivity index (χ4v) is 2.63. The van der Waals surface area contributed by atoms with Crippen LogP contribution >= 0.6 is 0 Å². The molecule has 134 valence electrons. The highest BCUT2D eigenvalue weighted by molar-refractivity contribution is 5.71. The summed E-state index contributed by atoms with van der Waals surface area (Å²) < 4.78 is 53.5. The van der Waals surface area contributed by atoms with Crippen molar-refractivity contribution < 1.29 is 22.4 Å². The van der Waals surface area contributed by atoms with Crippen LogP contribution in [0.25, 0.3) is 5.82 Å². The largest absolute Gasteiger partial charge is 0.416 e. The van der Waals surface area contributed by atoms with Crippen molar-refractivity contribution in [3.8, 4) is 5.82 Å². The molecular weight excluding hydrogens is 350 g/mol. The molecule has 0 aliphatic heterocycles. The number of aryl methyl sites for hydroxylation is 1. The highest BCUT2D eigenvalue weighted by Gasteiger charge is 2.31. The molecule has 0 N–H and O–H groups in total. The summed E-state index contributed by atoms with van der Waals surface area (Å²) in [7, 11) is 0. The third kappa shape index (κ3) is 3.79. The predicted molar refractivity (Wildman–Crippen MR) is 85.7 cm³/mol. The van der Waals surface area contributed by atoms with E-state index in [-0.39, 0.29) is 17.7 Å². The first-order valence-corrected chi connectivity index (χ1v) is 7.60. The summed E-state index contributed by atoms with van der Waals surface area (Å²) in [5, 5.41) is 4.08. The lowest BCUT2D eigenvalue weighted by atomic mass is 10.0. The van der Waals surface area contributed by atoms with Crippen molar-refractivity contribution in [3.63, 3.8) is 0 Å². The number of halogens is 4. The summed E-state index contributed by atoms with van der Waals surface area (Å²) in [6.07, 6.45) is -2.43. The lowest BCUT2D eigenvalue weighted by Crippen LogP contribution is -2.07. The molecular formula is C18H13F4N3O. The average Bonchev–Trinajstić information content (AvgIpc) is 2.95. The lowest BCUT2D eigenvalue weighted by Gasteiger charge is -2.10. The minimum absolute atomic E-state index is 0.0945. The molecule has 1 aromatic carbocycles. The fourth-order valence-electron chi connectivity index (χ4n) is 2.63. The fraction of sp³-hybridized carbons (Fsp3) is 0.167. The van der Waals surface area contributed by atoms with E-state index in [4.69, 9.17) is 0 Å². The van der Waals surface area contributed by atoms with E-state index in [1.165, 1.54) is 10.9 Å². The molecule has 4 nitrogen and oxygen atoms in total. The molecule has 0 fully saturated rings. The van der Waals surface area contributed by atoms with Crippen LogP contribution < -0.4 is 0 Å². The Morgan fingerprint density at radius 2 is 1.88 bits per heavy atom. The van der Waals surface area contributed by atoms with Gasteiger partial charge in [0.05, 0.1) is 5.56 Å². The van der Waals surface area contributed by atoms with E-state index < -0.39 is 17.6 Å². The Hall–Kier alpha value is -3.03. The Kier molecular flexibility index (Phi) is 4.58. The molecule has 0 atom stereocenters. The summed E-state index contributed by atoms with van der Waals surface area (Å²) in [4.78, 5) is 15.0. The highest BCUT2D eigenvalue weighted by atomic mass is 19.4. The zero-order valence-corrected chi connectivity index (χ0v) is 13.6. The van der Waals surface area contributed by atoms with E-state index in [1.54, 1.807) is 25.1 Å².